The van der Waals surface area contributed by atoms with Crippen LogP contribution >= 0.6 is 0 Å². The van der Waals surface area contributed by atoms with Crippen molar-refractivity contribution >= 4 is 17.9 Å². The van der Waals surface area contributed by atoms with Gasteiger partial charge < -0.3 is 25.4 Å². The van der Waals surface area contributed by atoms with Crippen molar-refractivity contribution in [1.82, 2.24) is 15.5 Å². The zero-order chi connectivity index (χ0) is 31.0. The fourth-order valence-corrected chi connectivity index (χ4v) is 4.63. The van der Waals surface area contributed by atoms with Gasteiger partial charge in [-0.15, -0.1) is 0 Å². The number of ether oxygens (including phenoxy) is 1. The molecule has 0 bridgehead atoms. The standard InChI is InChI=1S/C34H43N3O5/c1-22(2)37(32(40)29(36-33(41)42-34(5,6)7)20-25-14-17-28(38)18-15-25)30(27-16-13-23(3)24(4)19-27)31(39)35-21-26-11-9-8-10-12-26/h8-19,22,29-30,38H,20-21H2,1-7H3,(H,35,39)(H,36,41). The molecule has 224 valence electrons. The van der Waals surface area contributed by atoms with Gasteiger partial charge in [-0.1, -0.05) is 60.7 Å². The van der Waals surface area contributed by atoms with E-state index in [1.807, 2.05) is 76.2 Å². The first-order valence-electron chi connectivity index (χ1n) is 14.2. The molecule has 3 aromatic carbocycles. The summed E-state index contributed by atoms with van der Waals surface area (Å²) in [6.45, 7) is 13.2. The van der Waals surface area contributed by atoms with Crippen molar-refractivity contribution in [3.8, 4) is 5.75 Å². The molecule has 0 fully saturated rings. The number of rotatable bonds is 10. The fourth-order valence-electron chi connectivity index (χ4n) is 4.63. The number of nitrogens with one attached hydrogen (secondary N) is 2. The van der Waals surface area contributed by atoms with Gasteiger partial charge in [-0.2, -0.15) is 0 Å². The first-order valence-corrected chi connectivity index (χ1v) is 14.2. The molecule has 0 aliphatic rings. The van der Waals surface area contributed by atoms with E-state index in [1.165, 1.54) is 17.0 Å². The third-order valence-corrected chi connectivity index (χ3v) is 6.86. The zero-order valence-corrected chi connectivity index (χ0v) is 25.6. The van der Waals surface area contributed by atoms with E-state index < -0.39 is 35.7 Å². The van der Waals surface area contributed by atoms with Crippen LogP contribution in [0, 0.1) is 13.8 Å². The number of aromatic hydroxyl groups is 1. The molecule has 0 aliphatic heterocycles. The normalized spacial score (nSPS) is 12.8. The summed E-state index contributed by atoms with van der Waals surface area (Å²) in [5.41, 5.74) is 3.63. The first kappa shape index (κ1) is 32.2. The summed E-state index contributed by atoms with van der Waals surface area (Å²) in [7, 11) is 0. The van der Waals surface area contributed by atoms with E-state index in [0.717, 1.165) is 22.3 Å². The minimum atomic E-state index is -1.04. The maximum Gasteiger partial charge on any atom is 0.408 e. The second-order valence-corrected chi connectivity index (χ2v) is 11.9. The topological polar surface area (TPSA) is 108 Å². The van der Waals surface area contributed by atoms with E-state index in [1.54, 1.807) is 32.9 Å². The number of phenols is 1. The molecule has 0 saturated heterocycles. The minimum absolute atomic E-state index is 0.0930. The molecule has 0 aromatic heterocycles. The zero-order valence-electron chi connectivity index (χ0n) is 25.6. The predicted molar refractivity (Wildman–Crippen MR) is 164 cm³/mol. The molecule has 2 unspecified atom stereocenters. The Bertz CT molecular complexity index is 1360. The monoisotopic (exact) mass is 573 g/mol. The quantitative estimate of drug-likeness (QED) is 0.287. The molecule has 0 spiro atoms. The van der Waals surface area contributed by atoms with Crippen LogP contribution in [-0.4, -0.2) is 45.6 Å². The van der Waals surface area contributed by atoms with Gasteiger partial charge in [0.1, 0.15) is 23.4 Å². The number of hydrogen-bond acceptors (Lipinski definition) is 5. The minimum Gasteiger partial charge on any atom is -0.508 e. The van der Waals surface area contributed by atoms with Crippen LogP contribution in [0.25, 0.3) is 0 Å². The maximum atomic E-state index is 14.4. The number of hydrogen-bond donors (Lipinski definition) is 3. The van der Waals surface area contributed by atoms with Gasteiger partial charge in [0.15, 0.2) is 0 Å². The smallest absolute Gasteiger partial charge is 0.408 e. The van der Waals surface area contributed by atoms with Gasteiger partial charge in [0.2, 0.25) is 11.8 Å². The molecule has 0 heterocycles. The molecule has 3 rings (SSSR count). The summed E-state index contributed by atoms with van der Waals surface area (Å²) in [5, 5.41) is 15.5. The molecule has 2 atom stereocenters. The molecular formula is C34H43N3O5. The van der Waals surface area contributed by atoms with Crippen LogP contribution in [-0.2, 0) is 27.3 Å². The Morgan fingerprint density at radius 3 is 2.10 bits per heavy atom. The molecular weight excluding hydrogens is 530 g/mol. The highest BCUT2D eigenvalue weighted by Crippen LogP contribution is 2.28. The van der Waals surface area contributed by atoms with E-state index in [2.05, 4.69) is 10.6 Å². The number of carbonyl (C=O) groups is 3. The second kappa shape index (κ2) is 14.0. The molecule has 0 aliphatic carbocycles. The Labute approximate surface area is 249 Å². The predicted octanol–water partition coefficient (Wildman–Crippen LogP) is 5.74. The third kappa shape index (κ3) is 9.09. The summed E-state index contributed by atoms with van der Waals surface area (Å²) >= 11 is 0. The van der Waals surface area contributed by atoms with Gasteiger partial charge in [-0.3, -0.25) is 9.59 Å². The molecule has 3 amide bonds. The van der Waals surface area contributed by atoms with Crippen LogP contribution < -0.4 is 10.6 Å². The van der Waals surface area contributed by atoms with Crippen molar-refractivity contribution in [2.45, 2.75) is 85.2 Å². The molecule has 42 heavy (non-hydrogen) atoms. The van der Waals surface area contributed by atoms with Gasteiger partial charge in [0, 0.05) is 19.0 Å². The Balaban J connectivity index is 2.03. The van der Waals surface area contributed by atoms with Crippen molar-refractivity contribution in [1.29, 1.82) is 0 Å². The van der Waals surface area contributed by atoms with Crippen LogP contribution in [0.15, 0.2) is 72.8 Å². The summed E-state index contributed by atoms with van der Waals surface area (Å²) in [5.74, 6) is -0.665. The van der Waals surface area contributed by atoms with Crippen molar-refractivity contribution in [2.24, 2.45) is 0 Å². The van der Waals surface area contributed by atoms with E-state index >= 15 is 0 Å². The van der Waals surface area contributed by atoms with Gasteiger partial charge >= 0.3 is 6.09 Å². The number of nitrogens with zero attached hydrogens (tertiary/aromatic N) is 1. The largest absolute Gasteiger partial charge is 0.508 e. The molecule has 3 N–H and O–H groups in total. The Hall–Kier alpha value is -4.33. The molecule has 0 radical (unpaired) electrons. The summed E-state index contributed by atoms with van der Waals surface area (Å²) in [6.07, 6.45) is -0.605. The van der Waals surface area contributed by atoms with Crippen molar-refractivity contribution in [2.75, 3.05) is 0 Å². The van der Waals surface area contributed by atoms with Crippen molar-refractivity contribution in [3.05, 3.63) is 101 Å². The average Bonchev–Trinajstić information content (AvgIpc) is 2.91. The fraction of sp³-hybridized carbons (Fsp3) is 0.382. The Morgan fingerprint density at radius 2 is 1.52 bits per heavy atom. The highest BCUT2D eigenvalue weighted by Gasteiger charge is 2.38. The number of alkyl carbamates (subject to hydrolysis) is 1. The van der Waals surface area contributed by atoms with E-state index in [9.17, 15) is 19.5 Å². The first-order chi connectivity index (χ1) is 19.7. The average molecular weight is 574 g/mol. The number of aryl methyl sites for hydroxylation is 2. The van der Waals surface area contributed by atoms with E-state index in [4.69, 9.17) is 4.74 Å². The lowest BCUT2D eigenvalue weighted by molar-refractivity contribution is -0.144. The lowest BCUT2D eigenvalue weighted by Crippen LogP contribution is -2.55. The van der Waals surface area contributed by atoms with Crippen LogP contribution in [0.2, 0.25) is 0 Å². The Morgan fingerprint density at radius 1 is 0.881 bits per heavy atom. The molecule has 8 heteroatoms. The third-order valence-electron chi connectivity index (χ3n) is 6.86. The van der Waals surface area contributed by atoms with Gasteiger partial charge in [0.25, 0.3) is 0 Å². The number of carbonyl (C=O) groups excluding carboxylic acids is 3. The van der Waals surface area contributed by atoms with Crippen LogP contribution in [0.4, 0.5) is 4.79 Å². The van der Waals surface area contributed by atoms with Gasteiger partial charge in [-0.25, -0.2) is 4.79 Å². The van der Waals surface area contributed by atoms with Crippen LogP contribution in [0.5, 0.6) is 5.75 Å². The highest BCUT2D eigenvalue weighted by atomic mass is 16.6. The SMILES string of the molecule is Cc1ccc(C(C(=O)NCc2ccccc2)N(C(=O)C(Cc2ccc(O)cc2)NC(=O)OC(C)(C)C)C(C)C)cc1C. The van der Waals surface area contributed by atoms with Crippen molar-refractivity contribution < 1.29 is 24.2 Å². The summed E-state index contributed by atoms with van der Waals surface area (Å²) < 4.78 is 5.48. The summed E-state index contributed by atoms with van der Waals surface area (Å²) in [6, 6.07) is 19.4. The van der Waals surface area contributed by atoms with Gasteiger partial charge in [0.05, 0.1) is 0 Å². The van der Waals surface area contributed by atoms with Gasteiger partial charge in [-0.05, 0) is 88.4 Å². The molecule has 8 nitrogen and oxygen atoms in total. The van der Waals surface area contributed by atoms with Crippen LogP contribution in [0.3, 0.4) is 0 Å². The second-order valence-electron chi connectivity index (χ2n) is 11.9. The number of benzene rings is 3. The molecule has 3 aromatic rings. The lowest BCUT2D eigenvalue weighted by atomic mass is 9.96. The molecule has 0 saturated carbocycles. The summed E-state index contributed by atoms with van der Waals surface area (Å²) in [4.78, 5) is 42.8. The van der Waals surface area contributed by atoms with Crippen LogP contribution in [0.1, 0.15) is 68.5 Å². The van der Waals surface area contributed by atoms with E-state index in [0.29, 0.717) is 12.1 Å². The number of amides is 3. The Kier molecular flexibility index (Phi) is 10.8. The maximum absolute atomic E-state index is 14.4. The highest BCUT2D eigenvalue weighted by molar-refractivity contribution is 5.92. The number of phenolic OH excluding ortho intramolecular Hbond substituents is 1. The van der Waals surface area contributed by atoms with E-state index in [-0.39, 0.29) is 18.1 Å². The lowest BCUT2D eigenvalue weighted by Gasteiger charge is -2.37. The van der Waals surface area contributed by atoms with Crippen molar-refractivity contribution in [3.63, 3.8) is 0 Å².